The highest BCUT2D eigenvalue weighted by Gasteiger charge is 2.31. The lowest BCUT2D eigenvalue weighted by Gasteiger charge is -2.13. The highest BCUT2D eigenvalue weighted by molar-refractivity contribution is 9.10. The van der Waals surface area contributed by atoms with E-state index in [-0.39, 0.29) is 0 Å². The van der Waals surface area contributed by atoms with Crippen LogP contribution in [0, 0.1) is 6.92 Å². The molecular weight excluding hydrogens is 366 g/mol. The van der Waals surface area contributed by atoms with Crippen molar-refractivity contribution in [2.24, 2.45) is 0 Å². The second-order valence-electron chi connectivity index (χ2n) is 5.20. The number of nitrogens with zero attached hydrogens (tertiary/aromatic N) is 1. The summed E-state index contributed by atoms with van der Waals surface area (Å²) >= 11 is 11.2. The maximum Gasteiger partial charge on any atom is 0.132 e. The first-order chi connectivity index (χ1) is 10.1. The van der Waals surface area contributed by atoms with E-state index in [0.29, 0.717) is 5.92 Å². The molecule has 1 saturated carbocycles. The van der Waals surface area contributed by atoms with Gasteiger partial charge in [-0.15, -0.1) is 11.8 Å². The second kappa shape index (κ2) is 6.23. The van der Waals surface area contributed by atoms with E-state index in [1.165, 1.54) is 23.3 Å². The molecule has 5 heteroatoms. The van der Waals surface area contributed by atoms with Crippen LogP contribution in [-0.2, 0) is 0 Å². The maximum atomic E-state index is 5.73. The van der Waals surface area contributed by atoms with Crippen LogP contribution in [-0.4, -0.2) is 15.8 Å². The Kier molecular flexibility index (Phi) is 4.52. The number of thiocarbonyl (C=S) groups is 1. The smallest absolute Gasteiger partial charge is 0.132 e. The first kappa shape index (κ1) is 15.3. The van der Waals surface area contributed by atoms with E-state index in [0.717, 1.165) is 31.9 Å². The highest BCUT2D eigenvalue weighted by atomic mass is 79.9. The first-order valence-corrected chi connectivity index (χ1v) is 9.23. The van der Waals surface area contributed by atoms with Crippen LogP contribution in [0.15, 0.2) is 32.3 Å². The fourth-order valence-corrected chi connectivity index (χ4v) is 4.41. The molecule has 1 aliphatic rings. The number of hydrogen-bond acceptors (Lipinski definition) is 4. The molecule has 0 radical (unpaired) electrons. The van der Waals surface area contributed by atoms with Crippen LogP contribution in [0.25, 0.3) is 0 Å². The van der Waals surface area contributed by atoms with Gasteiger partial charge in [0.25, 0.3) is 0 Å². The molecular formula is C16H16BrNOS2. The van der Waals surface area contributed by atoms with Crippen molar-refractivity contribution in [3.05, 3.63) is 45.3 Å². The molecule has 0 atom stereocenters. The van der Waals surface area contributed by atoms with Crippen molar-refractivity contribution in [3.8, 4) is 0 Å². The van der Waals surface area contributed by atoms with Gasteiger partial charge >= 0.3 is 0 Å². The van der Waals surface area contributed by atoms with Crippen molar-refractivity contribution in [1.29, 1.82) is 0 Å². The Morgan fingerprint density at radius 3 is 2.86 bits per heavy atom. The molecule has 3 rings (SSSR count). The first-order valence-electron chi connectivity index (χ1n) is 7.04. The van der Waals surface area contributed by atoms with Crippen molar-refractivity contribution < 1.29 is 4.52 Å². The van der Waals surface area contributed by atoms with E-state index in [4.69, 9.17) is 16.7 Å². The van der Waals surface area contributed by atoms with Crippen molar-refractivity contribution in [2.45, 2.75) is 37.5 Å². The van der Waals surface area contributed by atoms with Gasteiger partial charge in [-0.05, 0) is 58.6 Å². The van der Waals surface area contributed by atoms with Gasteiger partial charge in [0.1, 0.15) is 6.26 Å². The van der Waals surface area contributed by atoms with Gasteiger partial charge in [-0.25, -0.2) is 0 Å². The zero-order chi connectivity index (χ0) is 15.0. The predicted octanol–water partition coefficient (Wildman–Crippen LogP) is 5.50. The minimum atomic E-state index is 0.539. The van der Waals surface area contributed by atoms with E-state index in [2.05, 4.69) is 47.1 Å². The van der Waals surface area contributed by atoms with Gasteiger partial charge in [-0.2, -0.15) is 0 Å². The lowest BCUT2D eigenvalue weighted by atomic mass is 9.99. The average molecular weight is 382 g/mol. The van der Waals surface area contributed by atoms with Crippen molar-refractivity contribution in [3.63, 3.8) is 0 Å². The fourth-order valence-electron chi connectivity index (χ4n) is 2.44. The van der Waals surface area contributed by atoms with Gasteiger partial charge in [0, 0.05) is 15.3 Å². The Labute approximate surface area is 142 Å². The lowest BCUT2D eigenvalue weighted by Crippen LogP contribution is -2.05. The molecule has 0 aliphatic heterocycles. The quantitative estimate of drug-likeness (QED) is 0.387. The Morgan fingerprint density at radius 2 is 2.19 bits per heavy atom. The van der Waals surface area contributed by atoms with Crippen LogP contribution in [0.3, 0.4) is 0 Å². The number of benzene rings is 1. The molecule has 1 fully saturated rings. The van der Waals surface area contributed by atoms with Crippen LogP contribution in [0.2, 0.25) is 0 Å². The summed E-state index contributed by atoms with van der Waals surface area (Å²) in [7, 11) is 0. The molecule has 1 heterocycles. The average Bonchev–Trinajstić information content (AvgIpc) is 3.20. The Balaban J connectivity index is 2.01. The normalized spacial score (nSPS) is 14.4. The molecule has 110 valence electrons. The molecule has 1 aromatic heterocycles. The molecule has 2 aromatic rings. The van der Waals surface area contributed by atoms with Crippen LogP contribution in [0.4, 0.5) is 0 Å². The molecule has 0 N–H and O–H groups in total. The van der Waals surface area contributed by atoms with E-state index in [1.807, 2.05) is 11.8 Å². The number of halogens is 1. The summed E-state index contributed by atoms with van der Waals surface area (Å²) in [6.07, 6.45) is 4.08. The molecule has 0 amide bonds. The summed E-state index contributed by atoms with van der Waals surface area (Å²) in [5, 5.41) is 4.15. The topological polar surface area (TPSA) is 26.0 Å². The molecule has 1 aromatic carbocycles. The Morgan fingerprint density at radius 1 is 1.43 bits per heavy atom. The molecule has 0 spiro atoms. The highest BCUT2D eigenvalue weighted by Crippen LogP contribution is 2.42. The second-order valence-corrected chi connectivity index (χ2v) is 7.74. The van der Waals surface area contributed by atoms with Crippen LogP contribution < -0.4 is 0 Å². The van der Waals surface area contributed by atoms with Gasteiger partial charge in [-0.1, -0.05) is 30.4 Å². The minimum absolute atomic E-state index is 0.539. The molecule has 2 nitrogen and oxygen atoms in total. The van der Waals surface area contributed by atoms with Crippen LogP contribution in [0.5, 0.6) is 0 Å². The number of aromatic nitrogens is 1. The standard InChI is InChI=1S/C16H16BrNOS2/c1-3-21-16-9(2)11(6-7-13(16)17)15(20)12-8-19-18-14(12)10-4-5-10/h6-8,10H,3-5H2,1-2H3. The molecule has 0 saturated heterocycles. The lowest BCUT2D eigenvalue weighted by molar-refractivity contribution is 0.412. The predicted molar refractivity (Wildman–Crippen MR) is 94.6 cm³/mol. The third-order valence-electron chi connectivity index (χ3n) is 3.70. The van der Waals surface area contributed by atoms with E-state index in [1.54, 1.807) is 6.26 Å². The monoisotopic (exact) mass is 381 g/mol. The summed E-state index contributed by atoms with van der Waals surface area (Å²) in [5.74, 6) is 1.58. The van der Waals surface area contributed by atoms with Crippen LogP contribution in [0.1, 0.15) is 48.1 Å². The number of rotatable bonds is 5. The molecule has 0 unspecified atom stereocenters. The van der Waals surface area contributed by atoms with Crippen molar-refractivity contribution in [1.82, 2.24) is 5.16 Å². The molecule has 1 aliphatic carbocycles. The van der Waals surface area contributed by atoms with Gasteiger partial charge < -0.3 is 4.52 Å². The summed E-state index contributed by atoms with van der Waals surface area (Å²) in [6.45, 7) is 4.29. The largest absolute Gasteiger partial charge is 0.364 e. The van der Waals surface area contributed by atoms with E-state index in [9.17, 15) is 0 Å². The van der Waals surface area contributed by atoms with E-state index < -0.39 is 0 Å². The fraction of sp³-hybridized carbons (Fsp3) is 0.375. The van der Waals surface area contributed by atoms with E-state index >= 15 is 0 Å². The summed E-state index contributed by atoms with van der Waals surface area (Å²) < 4.78 is 6.31. The Hall–Kier alpha value is -0.650. The van der Waals surface area contributed by atoms with Crippen molar-refractivity contribution in [2.75, 3.05) is 5.75 Å². The summed E-state index contributed by atoms with van der Waals surface area (Å²) in [6, 6.07) is 4.17. The molecule has 21 heavy (non-hydrogen) atoms. The van der Waals surface area contributed by atoms with Gasteiger partial charge in [0.05, 0.1) is 16.1 Å². The number of thioether (sulfide) groups is 1. The zero-order valence-electron chi connectivity index (χ0n) is 12.0. The minimum Gasteiger partial charge on any atom is -0.364 e. The van der Waals surface area contributed by atoms with Crippen molar-refractivity contribution >= 4 is 44.8 Å². The summed E-state index contributed by atoms with van der Waals surface area (Å²) in [5.41, 5.74) is 4.36. The SMILES string of the molecule is CCSc1c(Br)ccc(C(=S)c2conc2C2CC2)c1C. The van der Waals surface area contributed by atoms with Crippen LogP contribution >= 0.6 is 39.9 Å². The third-order valence-corrected chi connectivity index (χ3v) is 6.16. The summed E-state index contributed by atoms with van der Waals surface area (Å²) in [4.78, 5) is 2.11. The van der Waals surface area contributed by atoms with Gasteiger partial charge in [0.15, 0.2) is 0 Å². The third kappa shape index (κ3) is 2.96. The Bertz CT molecular complexity index is 692. The van der Waals surface area contributed by atoms with Gasteiger partial charge in [0.2, 0.25) is 0 Å². The number of hydrogen-bond donors (Lipinski definition) is 0. The molecule has 0 bridgehead atoms. The zero-order valence-corrected chi connectivity index (χ0v) is 15.2. The van der Waals surface area contributed by atoms with Gasteiger partial charge in [-0.3, -0.25) is 0 Å². The maximum absolute atomic E-state index is 5.73.